The van der Waals surface area contributed by atoms with Crippen LogP contribution in [0.3, 0.4) is 0 Å². The van der Waals surface area contributed by atoms with Crippen molar-refractivity contribution in [3.8, 4) is 0 Å². The third kappa shape index (κ3) is 56.2. The van der Waals surface area contributed by atoms with Crippen LogP contribution in [-0.2, 0) is 27.9 Å². The smallest absolute Gasteiger partial charge is 0.456 e. The number of quaternary nitrogens is 1. The molecular weight excluding hydrogens is 964 g/mol. The van der Waals surface area contributed by atoms with Crippen LogP contribution in [0, 0.1) is 0 Å². The average Bonchev–Trinajstić information content (AvgIpc) is 3.38. The van der Waals surface area contributed by atoms with Crippen LogP contribution in [0.2, 0.25) is 0 Å². The van der Waals surface area contributed by atoms with Gasteiger partial charge in [-0.2, -0.15) is 0 Å². The summed E-state index contributed by atoms with van der Waals surface area (Å²) in [5, 5.41) is 3.01. The van der Waals surface area contributed by atoms with Gasteiger partial charge in [0, 0.05) is 12.8 Å². The Labute approximate surface area is 470 Å². The standard InChI is InChI=1S/C66H121N2O7P/c1-7-10-13-16-19-22-25-28-30-32-33-34-35-36-38-41-44-47-50-53-56-59-66(70)75-64(57-54-51-48-45-42-39-27-24-21-18-15-12-9-3)63(62-74-76(71,72)73-61-60-68(4,5)6)67-65(69)58-55-52-49-46-43-40-37-31-29-26-23-20-17-14-11-8-2/h11,14,20,23,29,31,40,43,49,52,54,57,63-64H,7-10,12-13,15-19,21-22,24-28,30,32-39,41-42,44-48,50-51,53,55-56,58-62H2,1-6H3,(H-,67,69,71,72)/p+1/b14-11+,23-20+,31-29+,43-40+,52-49+,57-54+. The number of hydrogen-bond donors (Lipinski definition) is 2. The van der Waals surface area contributed by atoms with Crippen molar-refractivity contribution in [1.29, 1.82) is 0 Å². The minimum Gasteiger partial charge on any atom is -0.456 e. The summed E-state index contributed by atoms with van der Waals surface area (Å²) in [5.74, 6) is -0.594. The molecule has 0 aromatic heterocycles. The van der Waals surface area contributed by atoms with Crippen molar-refractivity contribution in [2.45, 2.75) is 296 Å². The first kappa shape index (κ1) is 73.5. The maximum Gasteiger partial charge on any atom is 0.472 e. The van der Waals surface area contributed by atoms with Gasteiger partial charge < -0.3 is 19.4 Å². The molecule has 3 unspecified atom stereocenters. The van der Waals surface area contributed by atoms with E-state index in [9.17, 15) is 19.0 Å². The number of ether oxygens (including phenoxy) is 1. The van der Waals surface area contributed by atoms with Crippen molar-refractivity contribution in [1.82, 2.24) is 5.32 Å². The second kappa shape index (κ2) is 55.8. The van der Waals surface area contributed by atoms with E-state index in [0.29, 0.717) is 17.4 Å². The van der Waals surface area contributed by atoms with Crippen molar-refractivity contribution in [3.05, 3.63) is 72.9 Å². The molecule has 0 aliphatic rings. The Kier molecular flexibility index (Phi) is 53.9. The lowest BCUT2D eigenvalue weighted by Gasteiger charge is -2.27. The zero-order valence-corrected chi connectivity index (χ0v) is 51.4. The van der Waals surface area contributed by atoms with E-state index in [1.165, 1.54) is 173 Å². The van der Waals surface area contributed by atoms with Crippen molar-refractivity contribution in [3.63, 3.8) is 0 Å². The normalized spacial score (nSPS) is 14.1. The van der Waals surface area contributed by atoms with Crippen LogP contribution in [0.25, 0.3) is 0 Å². The van der Waals surface area contributed by atoms with Gasteiger partial charge in [-0.15, -0.1) is 0 Å². The van der Waals surface area contributed by atoms with Crippen molar-refractivity contribution in [2.24, 2.45) is 0 Å². The number of phosphoric acid groups is 1. The molecule has 0 radical (unpaired) electrons. The van der Waals surface area contributed by atoms with Crippen LogP contribution in [0.5, 0.6) is 0 Å². The molecule has 0 aliphatic heterocycles. The summed E-state index contributed by atoms with van der Waals surface area (Å²) in [6.07, 6.45) is 72.1. The van der Waals surface area contributed by atoms with Gasteiger partial charge in [-0.05, 0) is 63.9 Å². The van der Waals surface area contributed by atoms with Gasteiger partial charge in [0.05, 0.1) is 33.8 Å². The molecule has 442 valence electrons. The van der Waals surface area contributed by atoms with E-state index in [-0.39, 0.29) is 37.9 Å². The minimum atomic E-state index is -4.47. The van der Waals surface area contributed by atoms with Gasteiger partial charge in [0.1, 0.15) is 19.3 Å². The Morgan fingerprint density at radius 2 is 0.855 bits per heavy atom. The summed E-state index contributed by atoms with van der Waals surface area (Å²) in [7, 11) is 1.45. The summed E-state index contributed by atoms with van der Waals surface area (Å²) in [6.45, 7) is 6.87. The molecule has 0 aliphatic carbocycles. The second-order valence-electron chi connectivity index (χ2n) is 22.6. The van der Waals surface area contributed by atoms with Gasteiger partial charge in [-0.3, -0.25) is 18.6 Å². The fourth-order valence-corrected chi connectivity index (χ4v) is 9.78. The number of unbranched alkanes of at least 4 members (excludes halogenated alkanes) is 31. The molecule has 9 nitrogen and oxygen atoms in total. The summed E-state index contributed by atoms with van der Waals surface area (Å²) >= 11 is 0. The predicted octanol–water partition coefficient (Wildman–Crippen LogP) is 19.6. The molecule has 3 atom stereocenters. The number of carbonyl (C=O) groups is 2. The molecule has 1 amide bonds. The van der Waals surface area contributed by atoms with Crippen LogP contribution in [0.15, 0.2) is 72.9 Å². The highest BCUT2D eigenvalue weighted by Gasteiger charge is 2.30. The number of rotatable bonds is 57. The molecule has 0 bridgehead atoms. The molecule has 0 aromatic rings. The van der Waals surface area contributed by atoms with Gasteiger partial charge in [-0.1, -0.05) is 280 Å². The Morgan fingerprint density at radius 1 is 0.474 bits per heavy atom. The first-order chi connectivity index (χ1) is 36.9. The van der Waals surface area contributed by atoms with Gasteiger partial charge >= 0.3 is 13.8 Å². The topological polar surface area (TPSA) is 111 Å². The molecule has 0 saturated carbocycles. The molecule has 10 heteroatoms. The second-order valence-corrected chi connectivity index (χ2v) is 24.0. The number of nitrogens with one attached hydrogen (secondary N) is 1. The predicted molar refractivity (Wildman–Crippen MR) is 328 cm³/mol. The molecular formula is C66H122N2O7P+. The van der Waals surface area contributed by atoms with Gasteiger partial charge in [0.25, 0.3) is 0 Å². The number of allylic oxidation sites excluding steroid dienone is 11. The Balaban J connectivity index is 5.30. The number of esters is 1. The number of phosphoric ester groups is 1. The van der Waals surface area contributed by atoms with E-state index < -0.39 is 20.0 Å². The monoisotopic (exact) mass is 1090 g/mol. The Hall–Kier alpha value is -2.55. The highest BCUT2D eigenvalue weighted by molar-refractivity contribution is 7.47. The molecule has 76 heavy (non-hydrogen) atoms. The number of amides is 1. The molecule has 0 aromatic carbocycles. The van der Waals surface area contributed by atoms with E-state index in [0.717, 1.165) is 70.6 Å². The molecule has 0 saturated heterocycles. The molecule has 2 N–H and O–H groups in total. The summed E-state index contributed by atoms with van der Waals surface area (Å²) in [4.78, 5) is 37.7. The number of carbonyl (C=O) groups excluding carboxylic acids is 2. The van der Waals surface area contributed by atoms with E-state index in [1.54, 1.807) is 0 Å². The maximum absolute atomic E-state index is 13.5. The van der Waals surface area contributed by atoms with Crippen LogP contribution in [0.4, 0.5) is 0 Å². The van der Waals surface area contributed by atoms with Crippen LogP contribution in [0.1, 0.15) is 284 Å². The van der Waals surface area contributed by atoms with Crippen LogP contribution < -0.4 is 5.32 Å². The summed E-state index contributed by atoms with van der Waals surface area (Å²) in [5.41, 5.74) is 0. The minimum absolute atomic E-state index is 0.0261. The number of nitrogens with zero attached hydrogens (tertiary/aromatic N) is 1. The first-order valence-corrected chi connectivity index (χ1v) is 33.3. The zero-order chi connectivity index (χ0) is 55.7. The van der Waals surface area contributed by atoms with Gasteiger partial charge in [-0.25, -0.2) is 4.57 Å². The Morgan fingerprint density at radius 3 is 1.26 bits per heavy atom. The maximum atomic E-state index is 13.5. The third-order valence-corrected chi connectivity index (χ3v) is 14.9. The SMILES string of the molecule is CC/C=C/C/C=C/C/C=C/C/C=C/C/C=C/CCC(=O)NC(COP(=O)(O)OCC[N+](C)(C)C)C(/C=C/CCCCCCCCCCCCC)OC(=O)CCCCCCCCCCCCCCCCCCCCCCC. The lowest BCUT2D eigenvalue weighted by molar-refractivity contribution is -0.870. The fraction of sp³-hybridized carbons (Fsp3) is 0.788. The first-order valence-electron chi connectivity index (χ1n) is 31.8. The lowest BCUT2D eigenvalue weighted by Crippen LogP contribution is -2.47. The van der Waals surface area contributed by atoms with Crippen LogP contribution >= 0.6 is 7.82 Å². The van der Waals surface area contributed by atoms with Crippen molar-refractivity contribution in [2.75, 3.05) is 40.9 Å². The van der Waals surface area contributed by atoms with Gasteiger partial charge in [0.2, 0.25) is 5.91 Å². The van der Waals surface area contributed by atoms with E-state index in [4.69, 9.17) is 13.8 Å². The fourth-order valence-electron chi connectivity index (χ4n) is 9.05. The lowest BCUT2D eigenvalue weighted by atomic mass is 10.0. The van der Waals surface area contributed by atoms with E-state index >= 15 is 0 Å². The average molecular weight is 1090 g/mol. The summed E-state index contributed by atoms with van der Waals surface area (Å²) < 4.78 is 30.7. The van der Waals surface area contributed by atoms with Crippen LogP contribution in [-0.4, -0.2) is 74.3 Å². The molecule has 0 rings (SSSR count). The summed E-state index contributed by atoms with van der Waals surface area (Å²) in [6, 6.07) is -0.888. The van der Waals surface area contributed by atoms with E-state index in [2.05, 4.69) is 80.8 Å². The number of likely N-dealkylation sites (N-methyl/N-ethyl adjacent to an activating group) is 1. The van der Waals surface area contributed by atoms with Crippen molar-refractivity contribution < 1.29 is 37.3 Å². The zero-order valence-electron chi connectivity index (χ0n) is 50.5. The van der Waals surface area contributed by atoms with Gasteiger partial charge in [0.15, 0.2) is 0 Å². The molecule has 0 spiro atoms. The third-order valence-electron chi connectivity index (χ3n) is 13.9. The Bertz CT molecular complexity index is 1530. The number of hydrogen-bond acceptors (Lipinski definition) is 6. The molecule has 0 heterocycles. The van der Waals surface area contributed by atoms with Crippen molar-refractivity contribution >= 4 is 19.7 Å². The largest absolute Gasteiger partial charge is 0.472 e. The molecule has 0 fully saturated rings. The quantitative estimate of drug-likeness (QED) is 0.0205. The highest BCUT2D eigenvalue weighted by Crippen LogP contribution is 2.43. The highest BCUT2D eigenvalue weighted by atomic mass is 31.2. The van der Waals surface area contributed by atoms with E-state index in [1.807, 2.05) is 39.4 Å².